The molecule has 1 aromatic heterocycles. The van der Waals surface area contributed by atoms with Gasteiger partial charge in [-0.05, 0) is 6.92 Å². The first kappa shape index (κ1) is 10.1. The Labute approximate surface area is 95.3 Å². The lowest BCUT2D eigenvalue weighted by Crippen LogP contribution is -2.24. The second kappa shape index (κ2) is 3.98. The maximum Gasteiger partial charge on any atom is 0.224 e. The van der Waals surface area contributed by atoms with Gasteiger partial charge >= 0.3 is 0 Å². The van der Waals surface area contributed by atoms with E-state index in [0.717, 1.165) is 17.2 Å². The van der Waals surface area contributed by atoms with Gasteiger partial charge in [0.1, 0.15) is 0 Å². The Bertz CT molecular complexity index is 352. The number of carbonyl (C=O) groups is 1. The fourth-order valence-electron chi connectivity index (χ4n) is 1.55. The molecule has 2 rings (SSSR count). The molecule has 1 aromatic rings. The Hall–Kier alpha value is -0.420. The van der Waals surface area contributed by atoms with Crippen LogP contribution in [-0.2, 0) is 11.3 Å². The minimum atomic E-state index is 0.220. The van der Waals surface area contributed by atoms with Gasteiger partial charge in [0.15, 0.2) is 0 Å². The lowest BCUT2D eigenvalue weighted by molar-refractivity contribution is -0.128. The molecule has 0 spiro atoms. The maximum absolute atomic E-state index is 11.5. The van der Waals surface area contributed by atoms with E-state index in [9.17, 15) is 4.79 Å². The molecule has 1 unspecified atom stereocenters. The van der Waals surface area contributed by atoms with Crippen molar-refractivity contribution in [2.75, 3.05) is 6.54 Å². The van der Waals surface area contributed by atoms with Gasteiger partial charge in [0, 0.05) is 23.2 Å². The van der Waals surface area contributed by atoms with E-state index in [2.05, 4.69) is 20.9 Å². The fourth-order valence-corrected chi connectivity index (χ4v) is 2.78. The number of aryl methyl sites for hydroxylation is 1. The molecule has 1 fully saturated rings. The summed E-state index contributed by atoms with van der Waals surface area (Å²) in [6.45, 7) is 3.44. The van der Waals surface area contributed by atoms with Gasteiger partial charge in [0.05, 0.1) is 17.2 Å². The number of carbonyl (C=O) groups excluding carboxylic acids is 1. The molecule has 0 saturated carbocycles. The molecule has 3 nitrogen and oxygen atoms in total. The number of halogens is 1. The number of amides is 1. The highest BCUT2D eigenvalue weighted by Crippen LogP contribution is 2.20. The normalized spacial score (nSPS) is 22.0. The van der Waals surface area contributed by atoms with Crippen LogP contribution in [0.5, 0.6) is 0 Å². The smallest absolute Gasteiger partial charge is 0.224 e. The summed E-state index contributed by atoms with van der Waals surface area (Å²) >= 11 is 5.09. The Kier molecular flexibility index (Phi) is 2.88. The minimum Gasteiger partial charge on any atom is -0.336 e. The first-order chi connectivity index (χ1) is 6.65. The van der Waals surface area contributed by atoms with Crippen molar-refractivity contribution in [3.8, 4) is 0 Å². The molecule has 5 heteroatoms. The number of aromatic nitrogens is 1. The zero-order valence-electron chi connectivity index (χ0n) is 7.86. The SMILES string of the molecule is Cc1nc(CN2CC(Br)CC2=O)cs1. The van der Waals surface area contributed by atoms with Crippen molar-refractivity contribution in [2.24, 2.45) is 0 Å². The van der Waals surface area contributed by atoms with Crippen LogP contribution in [-0.4, -0.2) is 27.2 Å². The van der Waals surface area contributed by atoms with Gasteiger partial charge < -0.3 is 4.90 Å². The van der Waals surface area contributed by atoms with Gasteiger partial charge in [-0.25, -0.2) is 4.98 Å². The van der Waals surface area contributed by atoms with Crippen LogP contribution in [0.1, 0.15) is 17.1 Å². The molecular weight excluding hydrogens is 264 g/mol. The molecule has 1 aliphatic rings. The van der Waals surface area contributed by atoms with Crippen molar-refractivity contribution < 1.29 is 4.79 Å². The van der Waals surface area contributed by atoms with Crippen LogP contribution >= 0.6 is 27.3 Å². The van der Waals surface area contributed by atoms with E-state index >= 15 is 0 Å². The number of rotatable bonds is 2. The zero-order chi connectivity index (χ0) is 10.1. The second-order valence-corrected chi connectivity index (χ2v) is 5.79. The average molecular weight is 275 g/mol. The third-order valence-electron chi connectivity index (χ3n) is 2.19. The van der Waals surface area contributed by atoms with Gasteiger partial charge in [-0.2, -0.15) is 0 Å². The molecule has 76 valence electrons. The molecule has 1 amide bonds. The molecule has 0 bridgehead atoms. The summed E-state index contributed by atoms with van der Waals surface area (Å²) < 4.78 is 0. The molecule has 2 heterocycles. The number of thiazole rings is 1. The highest BCUT2D eigenvalue weighted by molar-refractivity contribution is 9.09. The monoisotopic (exact) mass is 274 g/mol. The number of nitrogens with zero attached hydrogens (tertiary/aromatic N) is 2. The molecule has 1 saturated heterocycles. The number of hydrogen-bond acceptors (Lipinski definition) is 3. The lowest BCUT2D eigenvalue weighted by atomic mass is 10.4. The Morgan fingerprint density at radius 1 is 1.79 bits per heavy atom. The summed E-state index contributed by atoms with van der Waals surface area (Å²) in [5.74, 6) is 0.220. The quantitative estimate of drug-likeness (QED) is 0.773. The average Bonchev–Trinajstić information content (AvgIpc) is 2.61. The van der Waals surface area contributed by atoms with E-state index in [1.807, 2.05) is 17.2 Å². The molecule has 1 atom stereocenters. The molecule has 0 aromatic carbocycles. The highest BCUT2D eigenvalue weighted by Gasteiger charge is 2.27. The molecule has 1 aliphatic heterocycles. The van der Waals surface area contributed by atoms with Crippen molar-refractivity contribution in [1.29, 1.82) is 0 Å². The minimum absolute atomic E-state index is 0.220. The Morgan fingerprint density at radius 2 is 2.57 bits per heavy atom. The van der Waals surface area contributed by atoms with Crippen LogP contribution < -0.4 is 0 Å². The van der Waals surface area contributed by atoms with Crippen molar-refractivity contribution in [3.63, 3.8) is 0 Å². The van der Waals surface area contributed by atoms with Crippen molar-refractivity contribution >= 4 is 33.2 Å². The predicted molar refractivity (Wildman–Crippen MR) is 59.6 cm³/mol. The second-order valence-electron chi connectivity index (χ2n) is 3.43. The van der Waals surface area contributed by atoms with Gasteiger partial charge in [-0.15, -0.1) is 11.3 Å². The zero-order valence-corrected chi connectivity index (χ0v) is 10.3. The van der Waals surface area contributed by atoms with Crippen molar-refractivity contribution in [2.45, 2.75) is 24.7 Å². The molecular formula is C9H11BrN2OS. The van der Waals surface area contributed by atoms with Crippen LogP contribution in [0, 0.1) is 6.92 Å². The molecule has 14 heavy (non-hydrogen) atoms. The van der Waals surface area contributed by atoms with Crippen LogP contribution in [0.3, 0.4) is 0 Å². The van der Waals surface area contributed by atoms with E-state index in [0.29, 0.717) is 17.8 Å². The summed E-state index contributed by atoms with van der Waals surface area (Å²) in [6.07, 6.45) is 0.614. The van der Waals surface area contributed by atoms with Crippen molar-refractivity contribution in [1.82, 2.24) is 9.88 Å². The van der Waals surface area contributed by atoms with Crippen LogP contribution in [0.2, 0.25) is 0 Å². The topological polar surface area (TPSA) is 33.2 Å². The summed E-state index contributed by atoms with van der Waals surface area (Å²) in [6, 6.07) is 0. The predicted octanol–water partition coefficient (Wildman–Crippen LogP) is 1.95. The Morgan fingerprint density at radius 3 is 3.07 bits per heavy atom. The molecule has 0 aliphatic carbocycles. The van der Waals surface area contributed by atoms with E-state index in [1.54, 1.807) is 11.3 Å². The summed E-state index contributed by atoms with van der Waals surface area (Å²) in [4.78, 5) is 18.0. The van der Waals surface area contributed by atoms with Crippen molar-refractivity contribution in [3.05, 3.63) is 16.1 Å². The first-order valence-corrected chi connectivity index (χ1v) is 6.27. The molecule has 0 N–H and O–H groups in total. The standard InChI is InChI=1S/C9H11BrN2OS/c1-6-11-8(5-14-6)4-12-3-7(10)2-9(12)13/h5,7H,2-4H2,1H3. The van der Waals surface area contributed by atoms with Crippen LogP contribution in [0.25, 0.3) is 0 Å². The Balaban J connectivity index is 2.01. The largest absolute Gasteiger partial charge is 0.336 e. The number of hydrogen-bond donors (Lipinski definition) is 0. The first-order valence-electron chi connectivity index (χ1n) is 4.48. The third kappa shape index (κ3) is 2.15. The molecule has 0 radical (unpaired) electrons. The van der Waals surface area contributed by atoms with E-state index in [1.165, 1.54) is 0 Å². The van der Waals surface area contributed by atoms with Gasteiger partial charge in [-0.3, -0.25) is 4.79 Å². The van der Waals surface area contributed by atoms with E-state index in [-0.39, 0.29) is 5.91 Å². The van der Waals surface area contributed by atoms with Crippen LogP contribution in [0.4, 0.5) is 0 Å². The number of alkyl halides is 1. The lowest BCUT2D eigenvalue weighted by Gasteiger charge is -2.13. The van der Waals surface area contributed by atoms with Gasteiger partial charge in [0.25, 0.3) is 0 Å². The van der Waals surface area contributed by atoms with Crippen LogP contribution in [0.15, 0.2) is 5.38 Å². The number of likely N-dealkylation sites (tertiary alicyclic amines) is 1. The van der Waals surface area contributed by atoms with Gasteiger partial charge in [0.2, 0.25) is 5.91 Å². The van der Waals surface area contributed by atoms with E-state index < -0.39 is 0 Å². The fraction of sp³-hybridized carbons (Fsp3) is 0.556. The van der Waals surface area contributed by atoms with E-state index in [4.69, 9.17) is 0 Å². The maximum atomic E-state index is 11.5. The summed E-state index contributed by atoms with van der Waals surface area (Å²) in [5.41, 5.74) is 1.00. The summed E-state index contributed by atoms with van der Waals surface area (Å²) in [5, 5.41) is 3.08. The summed E-state index contributed by atoms with van der Waals surface area (Å²) in [7, 11) is 0. The third-order valence-corrected chi connectivity index (χ3v) is 3.62. The van der Waals surface area contributed by atoms with Gasteiger partial charge in [-0.1, -0.05) is 15.9 Å². The highest BCUT2D eigenvalue weighted by atomic mass is 79.9.